The summed E-state index contributed by atoms with van der Waals surface area (Å²) in [5.41, 5.74) is 1.71. The van der Waals surface area contributed by atoms with Gasteiger partial charge in [0.15, 0.2) is 0 Å². The monoisotopic (exact) mass is 401 g/mol. The Morgan fingerprint density at radius 1 is 1.07 bits per heavy atom. The lowest BCUT2D eigenvalue weighted by atomic mass is 9.85. The molecule has 0 aromatic heterocycles. The molecule has 0 unspecified atom stereocenters. The molecule has 1 aromatic rings. The van der Waals surface area contributed by atoms with Crippen molar-refractivity contribution in [1.29, 1.82) is 0 Å². The van der Waals surface area contributed by atoms with Crippen LogP contribution in [0.3, 0.4) is 0 Å². The van der Waals surface area contributed by atoms with Gasteiger partial charge in [0.05, 0.1) is 0 Å². The van der Waals surface area contributed by atoms with Crippen molar-refractivity contribution in [2.24, 2.45) is 5.92 Å². The van der Waals surface area contributed by atoms with Crippen molar-refractivity contribution in [1.82, 2.24) is 10.2 Å². The van der Waals surface area contributed by atoms with Crippen LogP contribution in [0.4, 0.5) is 5.69 Å². The number of hydrogen-bond acceptors (Lipinski definition) is 3. The normalized spacial score (nSPS) is 13.4. The molecule has 3 amide bonds. The number of nitrogens with one attached hydrogen (secondary N) is 2. The lowest BCUT2D eigenvalue weighted by Gasteiger charge is -2.24. The Morgan fingerprint density at radius 2 is 1.79 bits per heavy atom. The Morgan fingerprint density at radius 3 is 2.41 bits per heavy atom. The maximum atomic E-state index is 12.2. The van der Waals surface area contributed by atoms with Gasteiger partial charge in [0.1, 0.15) is 0 Å². The molecule has 0 saturated heterocycles. The Balaban J connectivity index is 1.70. The smallest absolute Gasteiger partial charge is 0.227 e. The summed E-state index contributed by atoms with van der Waals surface area (Å²) >= 11 is 0. The number of rotatable bonds is 12. The van der Waals surface area contributed by atoms with Gasteiger partial charge in [0.2, 0.25) is 17.7 Å². The lowest BCUT2D eigenvalue weighted by Crippen LogP contribution is -2.32. The van der Waals surface area contributed by atoms with Crippen LogP contribution < -0.4 is 10.6 Å². The van der Waals surface area contributed by atoms with Crippen molar-refractivity contribution in [2.45, 2.75) is 71.8 Å². The van der Waals surface area contributed by atoms with Gasteiger partial charge in [0, 0.05) is 44.1 Å². The fourth-order valence-corrected chi connectivity index (χ4v) is 3.42. The van der Waals surface area contributed by atoms with E-state index in [9.17, 15) is 14.4 Å². The van der Waals surface area contributed by atoms with Gasteiger partial charge in [-0.15, -0.1) is 0 Å². The molecule has 1 saturated carbocycles. The number of carbonyl (C=O) groups is 3. The van der Waals surface area contributed by atoms with Crippen molar-refractivity contribution >= 4 is 23.4 Å². The molecule has 1 aliphatic rings. The van der Waals surface area contributed by atoms with Crippen LogP contribution in [0, 0.1) is 5.92 Å². The van der Waals surface area contributed by atoms with E-state index in [1.54, 1.807) is 0 Å². The largest absolute Gasteiger partial charge is 0.352 e. The van der Waals surface area contributed by atoms with Gasteiger partial charge >= 0.3 is 0 Å². The molecule has 0 spiro atoms. The summed E-state index contributed by atoms with van der Waals surface area (Å²) in [7, 11) is 0. The fraction of sp³-hybridized carbons (Fsp3) is 0.609. The first-order valence-corrected chi connectivity index (χ1v) is 11.0. The highest BCUT2D eigenvalue weighted by Gasteiger charge is 2.25. The fourth-order valence-electron chi connectivity index (χ4n) is 3.42. The molecule has 2 rings (SSSR count). The number of benzene rings is 1. The van der Waals surface area contributed by atoms with Crippen LogP contribution in [-0.4, -0.2) is 35.7 Å². The molecule has 0 radical (unpaired) electrons. The predicted octanol–water partition coefficient (Wildman–Crippen LogP) is 3.86. The highest BCUT2D eigenvalue weighted by atomic mass is 16.2. The summed E-state index contributed by atoms with van der Waals surface area (Å²) in [6.07, 6.45) is 6.29. The van der Waals surface area contributed by atoms with E-state index in [4.69, 9.17) is 0 Å². The first-order valence-electron chi connectivity index (χ1n) is 11.0. The summed E-state index contributed by atoms with van der Waals surface area (Å²) in [6.45, 7) is 6.12. The zero-order valence-electron chi connectivity index (χ0n) is 17.8. The van der Waals surface area contributed by atoms with Crippen LogP contribution in [0.5, 0.6) is 0 Å². The quantitative estimate of drug-likeness (QED) is 0.558. The van der Waals surface area contributed by atoms with Crippen molar-refractivity contribution in [3.05, 3.63) is 29.8 Å². The van der Waals surface area contributed by atoms with Crippen LogP contribution in [-0.2, 0) is 20.9 Å². The Hall–Kier alpha value is -2.37. The molecule has 6 nitrogen and oxygen atoms in total. The summed E-state index contributed by atoms with van der Waals surface area (Å²) in [5.74, 6) is 0.310. The molecule has 0 atom stereocenters. The summed E-state index contributed by atoms with van der Waals surface area (Å²) in [6, 6.07) is 7.57. The Kier molecular flexibility index (Phi) is 9.68. The molecule has 0 heterocycles. The first-order chi connectivity index (χ1) is 14.0. The molecule has 2 N–H and O–H groups in total. The van der Waals surface area contributed by atoms with Gasteiger partial charge < -0.3 is 15.5 Å². The van der Waals surface area contributed by atoms with Gasteiger partial charge in [0.25, 0.3) is 0 Å². The summed E-state index contributed by atoms with van der Waals surface area (Å²) in [4.78, 5) is 38.3. The van der Waals surface area contributed by atoms with Crippen molar-refractivity contribution in [3.8, 4) is 0 Å². The number of carbonyl (C=O) groups excluding carboxylic acids is 3. The van der Waals surface area contributed by atoms with E-state index >= 15 is 0 Å². The first kappa shape index (κ1) is 22.9. The average Bonchev–Trinajstić information content (AvgIpc) is 2.65. The van der Waals surface area contributed by atoms with Crippen LogP contribution in [0.15, 0.2) is 24.3 Å². The molecule has 1 aliphatic carbocycles. The highest BCUT2D eigenvalue weighted by molar-refractivity contribution is 5.93. The number of anilines is 1. The molecule has 1 fully saturated rings. The van der Waals surface area contributed by atoms with E-state index in [-0.39, 0.29) is 23.6 Å². The molecule has 29 heavy (non-hydrogen) atoms. The van der Waals surface area contributed by atoms with E-state index in [0.29, 0.717) is 25.8 Å². The molecule has 6 heteroatoms. The minimum absolute atomic E-state index is 0.0563. The third-order valence-corrected chi connectivity index (χ3v) is 5.29. The molecule has 0 aliphatic heterocycles. The Bertz CT molecular complexity index is 680. The predicted molar refractivity (Wildman–Crippen MR) is 115 cm³/mol. The van der Waals surface area contributed by atoms with Gasteiger partial charge in [-0.3, -0.25) is 14.4 Å². The lowest BCUT2D eigenvalue weighted by molar-refractivity contribution is -0.131. The Labute approximate surface area is 174 Å². The highest BCUT2D eigenvalue weighted by Crippen LogP contribution is 2.27. The molecular weight excluding hydrogens is 366 g/mol. The van der Waals surface area contributed by atoms with Gasteiger partial charge in [-0.05, 0) is 49.8 Å². The molecular formula is C23H35N3O3. The van der Waals surface area contributed by atoms with Crippen LogP contribution in [0.2, 0.25) is 0 Å². The third kappa shape index (κ3) is 7.87. The minimum atomic E-state index is -0.0563. The summed E-state index contributed by atoms with van der Waals surface area (Å²) < 4.78 is 0. The topological polar surface area (TPSA) is 78.5 Å². The van der Waals surface area contributed by atoms with Crippen molar-refractivity contribution in [3.63, 3.8) is 0 Å². The average molecular weight is 402 g/mol. The van der Waals surface area contributed by atoms with Gasteiger partial charge in [-0.25, -0.2) is 0 Å². The van der Waals surface area contributed by atoms with E-state index in [1.807, 2.05) is 29.2 Å². The van der Waals surface area contributed by atoms with Gasteiger partial charge in [-0.1, -0.05) is 32.4 Å². The zero-order chi connectivity index (χ0) is 21.1. The number of hydrogen-bond donors (Lipinski definition) is 2. The minimum Gasteiger partial charge on any atom is -0.352 e. The molecule has 160 valence electrons. The third-order valence-electron chi connectivity index (χ3n) is 5.29. The van der Waals surface area contributed by atoms with E-state index in [0.717, 1.165) is 56.4 Å². The second-order valence-corrected chi connectivity index (χ2v) is 7.83. The second-order valence-electron chi connectivity index (χ2n) is 7.83. The van der Waals surface area contributed by atoms with Crippen LogP contribution >= 0.6 is 0 Å². The number of amides is 3. The SMILES string of the molecule is CCCN(CCC)C(=O)CCCC(=O)NCc1cccc(NC(=O)C2CCC2)c1. The van der Waals surface area contributed by atoms with E-state index < -0.39 is 0 Å². The standard InChI is InChI=1S/C23H35N3O3/c1-3-14-26(15-4-2)22(28)13-7-12-21(27)24-17-18-8-5-11-20(16-18)25-23(29)19-9-6-10-19/h5,8,11,16,19H,3-4,6-7,9-10,12-15,17H2,1-2H3,(H,24,27)(H,25,29). The van der Waals surface area contributed by atoms with Crippen molar-refractivity contribution in [2.75, 3.05) is 18.4 Å². The second kappa shape index (κ2) is 12.2. The maximum absolute atomic E-state index is 12.2. The van der Waals surface area contributed by atoms with Gasteiger partial charge in [-0.2, -0.15) is 0 Å². The van der Waals surface area contributed by atoms with Crippen LogP contribution in [0.25, 0.3) is 0 Å². The molecule has 1 aromatic carbocycles. The maximum Gasteiger partial charge on any atom is 0.227 e. The molecule has 0 bridgehead atoms. The van der Waals surface area contributed by atoms with E-state index in [2.05, 4.69) is 24.5 Å². The zero-order valence-corrected chi connectivity index (χ0v) is 17.8. The van der Waals surface area contributed by atoms with E-state index in [1.165, 1.54) is 0 Å². The van der Waals surface area contributed by atoms with Crippen molar-refractivity contribution < 1.29 is 14.4 Å². The summed E-state index contributed by atoms with van der Waals surface area (Å²) in [5, 5.41) is 5.86. The number of nitrogens with zero attached hydrogens (tertiary/aromatic N) is 1. The van der Waals surface area contributed by atoms with Crippen LogP contribution in [0.1, 0.15) is 70.8 Å².